The molecule has 5 heteroatoms. The molecule has 0 saturated heterocycles. The Kier molecular flexibility index (Phi) is 17.3. The molecule has 0 fully saturated rings. The number of halogens is 2. The Morgan fingerprint density at radius 3 is 1.97 bits per heavy atom. The molecule has 0 aliphatic heterocycles. The molecule has 0 radical (unpaired) electrons. The zero-order valence-corrected chi connectivity index (χ0v) is 20.3. The fraction of sp³-hybridized carbons (Fsp3) is 0.520. The van der Waals surface area contributed by atoms with Gasteiger partial charge in [0.25, 0.3) is 0 Å². The lowest BCUT2D eigenvalue weighted by Gasteiger charge is -2.04. The standard InChI is InChI=1S/C21H31N.C4H6N2.2ClH/c1-2-3-4-5-6-7-8-9-10-11-15-20-18-17-19-14-12-13-16-21(19)22-20;1-6-3-2-5-4-6;;/h12-14,16-18H,2-11,15H2,1H3;2-4H,1H3;2*1H. The van der Waals surface area contributed by atoms with Gasteiger partial charge in [-0.1, -0.05) is 89.0 Å². The van der Waals surface area contributed by atoms with E-state index in [1.165, 1.54) is 75.3 Å². The number of hydrogen-bond acceptors (Lipinski definition) is 2. The highest BCUT2D eigenvalue weighted by atomic mass is 35.5. The second-order valence-electron chi connectivity index (χ2n) is 7.66. The number of nitrogens with zero attached hydrogens (tertiary/aromatic N) is 3. The van der Waals surface area contributed by atoms with E-state index >= 15 is 0 Å². The lowest BCUT2D eigenvalue weighted by atomic mass is 10.0. The van der Waals surface area contributed by atoms with Gasteiger partial charge in [0.1, 0.15) is 0 Å². The Morgan fingerprint density at radius 1 is 0.767 bits per heavy atom. The summed E-state index contributed by atoms with van der Waals surface area (Å²) in [5.74, 6) is 0. The van der Waals surface area contributed by atoms with Crippen LogP contribution in [0.2, 0.25) is 0 Å². The van der Waals surface area contributed by atoms with Crippen molar-refractivity contribution in [2.75, 3.05) is 0 Å². The van der Waals surface area contributed by atoms with E-state index in [9.17, 15) is 0 Å². The second-order valence-corrected chi connectivity index (χ2v) is 7.66. The average molecular weight is 453 g/mol. The summed E-state index contributed by atoms with van der Waals surface area (Å²) in [6.45, 7) is 2.28. The largest absolute Gasteiger partial charge is 0.341 e. The molecule has 3 aromatic rings. The normalized spacial score (nSPS) is 9.93. The third kappa shape index (κ3) is 12.2. The molecule has 3 rings (SSSR count). The van der Waals surface area contributed by atoms with Crippen molar-refractivity contribution >= 4 is 35.7 Å². The van der Waals surface area contributed by atoms with Crippen molar-refractivity contribution in [1.82, 2.24) is 14.5 Å². The van der Waals surface area contributed by atoms with Crippen LogP contribution < -0.4 is 0 Å². The quantitative estimate of drug-likeness (QED) is 0.276. The summed E-state index contributed by atoms with van der Waals surface area (Å²) in [7, 11) is 1.94. The van der Waals surface area contributed by atoms with Crippen LogP contribution in [0, 0.1) is 0 Å². The maximum Gasteiger partial charge on any atom is 0.0943 e. The second kappa shape index (κ2) is 18.2. The minimum absolute atomic E-state index is 0. The third-order valence-corrected chi connectivity index (χ3v) is 5.08. The van der Waals surface area contributed by atoms with Crippen molar-refractivity contribution in [1.29, 1.82) is 0 Å². The number of rotatable bonds is 11. The fourth-order valence-corrected chi connectivity index (χ4v) is 3.37. The molecule has 0 unspecified atom stereocenters. The van der Waals surface area contributed by atoms with Crippen molar-refractivity contribution < 1.29 is 0 Å². The summed E-state index contributed by atoms with van der Waals surface area (Å²) in [5, 5.41) is 1.24. The van der Waals surface area contributed by atoms with E-state index in [1.807, 2.05) is 17.8 Å². The van der Waals surface area contributed by atoms with Crippen LogP contribution in [0.5, 0.6) is 0 Å². The first-order valence-corrected chi connectivity index (χ1v) is 11.1. The van der Waals surface area contributed by atoms with E-state index in [0.29, 0.717) is 0 Å². The molecule has 0 atom stereocenters. The molecule has 1 aromatic carbocycles. The Bertz CT molecular complexity index is 760. The average Bonchev–Trinajstić information content (AvgIpc) is 3.21. The monoisotopic (exact) mass is 451 g/mol. The number of unbranched alkanes of at least 4 members (excludes halogenated alkanes) is 9. The number of pyridine rings is 1. The van der Waals surface area contributed by atoms with Gasteiger partial charge in [-0.3, -0.25) is 4.98 Å². The first-order chi connectivity index (χ1) is 13.8. The van der Waals surface area contributed by atoms with Gasteiger partial charge in [0.2, 0.25) is 0 Å². The molecule has 0 spiro atoms. The first kappa shape index (κ1) is 28.4. The van der Waals surface area contributed by atoms with Crippen LogP contribution in [0.15, 0.2) is 55.1 Å². The molecule has 0 saturated carbocycles. The van der Waals surface area contributed by atoms with Gasteiger partial charge in [0, 0.05) is 30.5 Å². The van der Waals surface area contributed by atoms with E-state index in [0.717, 1.165) is 11.9 Å². The fourth-order valence-electron chi connectivity index (χ4n) is 3.37. The Hall–Kier alpha value is -1.58. The number of fused-ring (bicyclic) bond motifs is 1. The lowest BCUT2D eigenvalue weighted by molar-refractivity contribution is 0.555. The number of para-hydroxylation sites is 1. The van der Waals surface area contributed by atoms with Crippen LogP contribution in [0.3, 0.4) is 0 Å². The molecule has 0 bridgehead atoms. The van der Waals surface area contributed by atoms with E-state index in [2.05, 4.69) is 48.3 Å². The molecule has 0 amide bonds. The van der Waals surface area contributed by atoms with Gasteiger partial charge in [-0.05, 0) is 25.0 Å². The zero-order chi connectivity index (χ0) is 19.9. The lowest BCUT2D eigenvalue weighted by Crippen LogP contribution is -1.91. The molecule has 168 valence electrons. The highest BCUT2D eigenvalue weighted by Gasteiger charge is 1.98. The van der Waals surface area contributed by atoms with Crippen molar-refractivity contribution in [2.45, 2.75) is 77.6 Å². The van der Waals surface area contributed by atoms with Crippen LogP contribution in [-0.4, -0.2) is 14.5 Å². The summed E-state index contributed by atoms with van der Waals surface area (Å²) in [4.78, 5) is 8.54. The summed E-state index contributed by atoms with van der Waals surface area (Å²) in [6.07, 6.45) is 20.5. The van der Waals surface area contributed by atoms with E-state index in [4.69, 9.17) is 4.98 Å². The van der Waals surface area contributed by atoms with Crippen LogP contribution in [0.4, 0.5) is 0 Å². The minimum atomic E-state index is 0. The van der Waals surface area contributed by atoms with E-state index < -0.39 is 0 Å². The van der Waals surface area contributed by atoms with Crippen LogP contribution in [-0.2, 0) is 13.5 Å². The van der Waals surface area contributed by atoms with Gasteiger partial charge in [-0.25, -0.2) is 4.98 Å². The SMILES string of the molecule is CCCCCCCCCCCCc1ccc2ccccc2n1.Cl.Cl.Cn1ccnc1. The third-order valence-electron chi connectivity index (χ3n) is 5.08. The molecular weight excluding hydrogens is 413 g/mol. The molecule has 30 heavy (non-hydrogen) atoms. The van der Waals surface area contributed by atoms with Crippen molar-refractivity contribution in [3.63, 3.8) is 0 Å². The maximum absolute atomic E-state index is 4.75. The van der Waals surface area contributed by atoms with Crippen LogP contribution in [0.25, 0.3) is 10.9 Å². The predicted molar refractivity (Wildman–Crippen MR) is 135 cm³/mol. The van der Waals surface area contributed by atoms with Crippen molar-refractivity contribution in [2.24, 2.45) is 7.05 Å². The zero-order valence-electron chi connectivity index (χ0n) is 18.6. The topological polar surface area (TPSA) is 30.7 Å². The van der Waals surface area contributed by atoms with Gasteiger partial charge < -0.3 is 4.57 Å². The predicted octanol–water partition coefficient (Wildman–Crippen LogP) is 7.96. The van der Waals surface area contributed by atoms with Gasteiger partial charge in [0.05, 0.1) is 11.8 Å². The smallest absolute Gasteiger partial charge is 0.0943 e. The first-order valence-electron chi connectivity index (χ1n) is 11.1. The molecule has 2 heterocycles. The highest BCUT2D eigenvalue weighted by molar-refractivity contribution is 5.85. The highest BCUT2D eigenvalue weighted by Crippen LogP contribution is 2.15. The number of hydrogen-bond donors (Lipinski definition) is 0. The number of aromatic nitrogens is 3. The minimum Gasteiger partial charge on any atom is -0.341 e. The van der Waals surface area contributed by atoms with Gasteiger partial charge in [-0.2, -0.15) is 0 Å². The Morgan fingerprint density at radius 2 is 1.40 bits per heavy atom. The summed E-state index contributed by atoms with van der Waals surface area (Å²) < 4.78 is 1.89. The Labute approximate surface area is 195 Å². The van der Waals surface area contributed by atoms with Gasteiger partial charge in [-0.15, -0.1) is 24.8 Å². The van der Waals surface area contributed by atoms with E-state index in [1.54, 1.807) is 12.5 Å². The summed E-state index contributed by atoms with van der Waals surface area (Å²) >= 11 is 0. The van der Waals surface area contributed by atoms with Gasteiger partial charge >= 0.3 is 0 Å². The summed E-state index contributed by atoms with van der Waals surface area (Å²) in [6, 6.07) is 12.8. The number of benzene rings is 1. The number of aryl methyl sites for hydroxylation is 2. The summed E-state index contributed by atoms with van der Waals surface area (Å²) in [5.41, 5.74) is 2.38. The molecular formula is C25H39Cl2N3. The molecule has 0 N–H and O–H groups in total. The molecule has 0 aliphatic carbocycles. The van der Waals surface area contributed by atoms with Crippen molar-refractivity contribution in [3.8, 4) is 0 Å². The van der Waals surface area contributed by atoms with Crippen LogP contribution >= 0.6 is 24.8 Å². The molecule has 2 aromatic heterocycles. The van der Waals surface area contributed by atoms with Gasteiger partial charge in [0.15, 0.2) is 0 Å². The van der Waals surface area contributed by atoms with E-state index in [-0.39, 0.29) is 24.8 Å². The maximum atomic E-state index is 4.75. The molecule has 0 aliphatic rings. The Balaban J connectivity index is 0.000000906. The van der Waals surface area contributed by atoms with Crippen LogP contribution in [0.1, 0.15) is 76.8 Å². The van der Waals surface area contributed by atoms with Crippen molar-refractivity contribution in [3.05, 3.63) is 60.8 Å². The molecule has 3 nitrogen and oxygen atoms in total. The number of imidazole rings is 1.